The van der Waals surface area contributed by atoms with Crippen LogP contribution in [0.4, 0.5) is 0 Å². The van der Waals surface area contributed by atoms with Crippen molar-refractivity contribution in [1.82, 2.24) is 4.57 Å². The Balaban J connectivity index is 1.42. The number of carbonyl (C=O) groups excluding carboxylic acids is 1. The van der Waals surface area contributed by atoms with E-state index >= 15 is 0 Å². The number of aromatic nitrogens is 1. The lowest BCUT2D eigenvalue weighted by atomic mass is 10.1. The monoisotopic (exact) mass is 411 g/mol. The predicted octanol–water partition coefficient (Wildman–Crippen LogP) is 5.38. The van der Waals surface area contributed by atoms with Gasteiger partial charge < -0.3 is 18.8 Å². The van der Waals surface area contributed by atoms with Crippen molar-refractivity contribution in [2.45, 2.75) is 6.61 Å². The molecular formula is C26H21NO4. The highest BCUT2D eigenvalue weighted by Gasteiger charge is 2.28. The van der Waals surface area contributed by atoms with Crippen LogP contribution in [0, 0.1) is 0 Å². The number of nitrogens with zero attached hydrogens (tertiary/aromatic N) is 1. The number of ether oxygens (including phenoxy) is 3. The van der Waals surface area contributed by atoms with Gasteiger partial charge in [-0.1, -0.05) is 30.3 Å². The van der Waals surface area contributed by atoms with E-state index in [1.54, 1.807) is 31.4 Å². The third kappa shape index (κ3) is 3.55. The Hall–Kier alpha value is -3.99. The molecule has 0 unspecified atom stereocenters. The van der Waals surface area contributed by atoms with Gasteiger partial charge in [-0.05, 0) is 42.0 Å². The standard InChI is InChI=1S/C26H21NO4/c1-27-15-18(22-13-19(29-2)9-11-23(22)27)12-25-26(28)21-10-8-20(14-24(21)31-25)30-16-17-6-4-3-5-7-17/h3-15H,16H2,1-2H3/b25-12+. The Morgan fingerprint density at radius 1 is 1.00 bits per heavy atom. The first-order valence-corrected chi connectivity index (χ1v) is 10.0. The molecule has 1 aliphatic rings. The van der Waals surface area contributed by atoms with Gasteiger partial charge in [0.25, 0.3) is 0 Å². The number of allylic oxidation sites excluding steroid dienone is 1. The summed E-state index contributed by atoms with van der Waals surface area (Å²) in [6, 6.07) is 21.1. The zero-order valence-corrected chi connectivity index (χ0v) is 17.3. The van der Waals surface area contributed by atoms with Crippen molar-refractivity contribution in [1.29, 1.82) is 0 Å². The Labute approximate surface area is 180 Å². The van der Waals surface area contributed by atoms with Crippen LogP contribution in [0.1, 0.15) is 21.5 Å². The fourth-order valence-corrected chi connectivity index (χ4v) is 3.78. The molecule has 0 fully saturated rings. The van der Waals surface area contributed by atoms with Crippen molar-refractivity contribution in [2.24, 2.45) is 7.05 Å². The number of rotatable bonds is 5. The number of Topliss-reactive ketones (excluding diaryl/α,β-unsaturated/α-hetero) is 1. The number of benzene rings is 3. The lowest BCUT2D eigenvalue weighted by molar-refractivity contribution is 0.101. The number of aryl methyl sites for hydroxylation is 1. The van der Waals surface area contributed by atoms with Crippen molar-refractivity contribution in [3.63, 3.8) is 0 Å². The maximum absolute atomic E-state index is 12.9. The number of hydrogen-bond donors (Lipinski definition) is 0. The summed E-state index contributed by atoms with van der Waals surface area (Å²) < 4.78 is 19.2. The normalized spacial score (nSPS) is 14.0. The smallest absolute Gasteiger partial charge is 0.231 e. The summed E-state index contributed by atoms with van der Waals surface area (Å²) in [5.74, 6) is 2.10. The zero-order valence-electron chi connectivity index (χ0n) is 17.3. The summed E-state index contributed by atoms with van der Waals surface area (Å²) in [7, 11) is 3.61. The topological polar surface area (TPSA) is 49.7 Å². The highest BCUT2D eigenvalue weighted by molar-refractivity contribution is 6.15. The van der Waals surface area contributed by atoms with Gasteiger partial charge in [0.15, 0.2) is 5.76 Å². The van der Waals surface area contributed by atoms with Gasteiger partial charge in [-0.2, -0.15) is 0 Å². The maximum Gasteiger partial charge on any atom is 0.231 e. The molecule has 0 N–H and O–H groups in total. The molecule has 154 valence electrons. The summed E-state index contributed by atoms with van der Waals surface area (Å²) in [5, 5.41) is 0.994. The van der Waals surface area contributed by atoms with Crippen LogP contribution in [0.25, 0.3) is 17.0 Å². The van der Waals surface area contributed by atoms with Gasteiger partial charge in [0.2, 0.25) is 5.78 Å². The second kappa shape index (κ2) is 7.69. The molecule has 1 aromatic heterocycles. The third-order valence-electron chi connectivity index (χ3n) is 5.40. The van der Waals surface area contributed by atoms with Gasteiger partial charge >= 0.3 is 0 Å². The molecule has 2 heterocycles. The second-order valence-electron chi connectivity index (χ2n) is 7.45. The van der Waals surface area contributed by atoms with Crippen molar-refractivity contribution in [3.05, 3.63) is 95.4 Å². The van der Waals surface area contributed by atoms with Crippen molar-refractivity contribution in [3.8, 4) is 17.2 Å². The number of carbonyl (C=O) groups is 1. The van der Waals surface area contributed by atoms with E-state index in [0.717, 1.165) is 27.8 Å². The number of fused-ring (bicyclic) bond motifs is 2. The van der Waals surface area contributed by atoms with E-state index in [4.69, 9.17) is 14.2 Å². The SMILES string of the molecule is COc1ccc2c(c1)c(/C=C1/Oc3cc(OCc4ccccc4)ccc3C1=O)cn2C. The number of methoxy groups -OCH3 is 1. The van der Waals surface area contributed by atoms with Gasteiger partial charge in [-0.15, -0.1) is 0 Å². The first kappa shape index (κ1) is 19.0. The summed E-state index contributed by atoms with van der Waals surface area (Å²) in [5.41, 5.74) is 3.56. The third-order valence-corrected chi connectivity index (χ3v) is 5.40. The van der Waals surface area contributed by atoms with Crippen molar-refractivity contribution < 1.29 is 19.0 Å². The van der Waals surface area contributed by atoms with Crippen LogP contribution in [0.3, 0.4) is 0 Å². The Morgan fingerprint density at radius 2 is 1.81 bits per heavy atom. The van der Waals surface area contributed by atoms with E-state index in [1.807, 2.05) is 66.3 Å². The fourth-order valence-electron chi connectivity index (χ4n) is 3.78. The Bertz CT molecular complexity index is 1320. The minimum atomic E-state index is -0.135. The van der Waals surface area contributed by atoms with Gasteiger partial charge in [0, 0.05) is 35.8 Å². The van der Waals surface area contributed by atoms with E-state index in [-0.39, 0.29) is 5.78 Å². The molecule has 0 spiro atoms. The minimum Gasteiger partial charge on any atom is -0.497 e. The average molecular weight is 411 g/mol. The molecule has 5 nitrogen and oxygen atoms in total. The van der Waals surface area contributed by atoms with Crippen LogP contribution in [0.5, 0.6) is 17.2 Å². The molecule has 0 bridgehead atoms. The Morgan fingerprint density at radius 3 is 2.61 bits per heavy atom. The van der Waals surface area contributed by atoms with E-state index in [1.165, 1.54) is 0 Å². The van der Waals surface area contributed by atoms with Crippen LogP contribution in [0.2, 0.25) is 0 Å². The molecule has 0 radical (unpaired) electrons. The molecule has 0 saturated carbocycles. The zero-order chi connectivity index (χ0) is 21.4. The second-order valence-corrected chi connectivity index (χ2v) is 7.45. The summed E-state index contributed by atoms with van der Waals surface area (Å²) >= 11 is 0. The molecule has 5 heteroatoms. The highest BCUT2D eigenvalue weighted by atomic mass is 16.5. The molecule has 5 rings (SSSR count). The lowest BCUT2D eigenvalue weighted by Gasteiger charge is -2.07. The molecule has 4 aromatic rings. The maximum atomic E-state index is 12.9. The average Bonchev–Trinajstić information content (AvgIpc) is 3.28. The molecule has 0 amide bonds. The van der Waals surface area contributed by atoms with Gasteiger partial charge in [-0.3, -0.25) is 4.79 Å². The van der Waals surface area contributed by atoms with E-state index < -0.39 is 0 Å². The van der Waals surface area contributed by atoms with Crippen LogP contribution in [0.15, 0.2) is 78.7 Å². The molecule has 0 aliphatic carbocycles. The van der Waals surface area contributed by atoms with Crippen LogP contribution >= 0.6 is 0 Å². The molecule has 1 aliphatic heterocycles. The first-order valence-electron chi connectivity index (χ1n) is 10.0. The van der Waals surface area contributed by atoms with Crippen molar-refractivity contribution in [2.75, 3.05) is 7.11 Å². The van der Waals surface area contributed by atoms with Crippen LogP contribution < -0.4 is 14.2 Å². The van der Waals surface area contributed by atoms with E-state index in [2.05, 4.69) is 0 Å². The highest BCUT2D eigenvalue weighted by Crippen LogP contribution is 2.36. The fraction of sp³-hybridized carbons (Fsp3) is 0.115. The Kier molecular flexibility index (Phi) is 4.71. The largest absolute Gasteiger partial charge is 0.497 e. The lowest BCUT2D eigenvalue weighted by Crippen LogP contribution is -1.98. The summed E-state index contributed by atoms with van der Waals surface area (Å²) in [6.07, 6.45) is 3.76. The predicted molar refractivity (Wildman–Crippen MR) is 120 cm³/mol. The van der Waals surface area contributed by atoms with Crippen LogP contribution in [-0.2, 0) is 13.7 Å². The van der Waals surface area contributed by atoms with Crippen LogP contribution in [-0.4, -0.2) is 17.5 Å². The van der Waals surface area contributed by atoms with E-state index in [0.29, 0.717) is 29.4 Å². The van der Waals surface area contributed by atoms with Gasteiger partial charge in [0.05, 0.1) is 12.7 Å². The molecule has 0 atom stereocenters. The summed E-state index contributed by atoms with van der Waals surface area (Å²) in [6.45, 7) is 0.452. The quantitative estimate of drug-likeness (QED) is 0.414. The van der Waals surface area contributed by atoms with Gasteiger partial charge in [-0.25, -0.2) is 0 Å². The minimum absolute atomic E-state index is 0.135. The van der Waals surface area contributed by atoms with Gasteiger partial charge in [0.1, 0.15) is 23.9 Å². The number of hydrogen-bond acceptors (Lipinski definition) is 4. The molecule has 31 heavy (non-hydrogen) atoms. The summed E-state index contributed by atoms with van der Waals surface area (Å²) in [4.78, 5) is 12.9. The van der Waals surface area contributed by atoms with Crippen molar-refractivity contribution >= 4 is 22.8 Å². The van der Waals surface area contributed by atoms with E-state index in [9.17, 15) is 4.79 Å². The molecular weight excluding hydrogens is 390 g/mol. The first-order chi connectivity index (χ1) is 15.1. The molecule has 3 aromatic carbocycles. The number of ketones is 1. The molecule has 0 saturated heterocycles.